The molecule has 1 aromatic carbocycles. The van der Waals surface area contributed by atoms with Crippen LogP contribution in [0.15, 0.2) is 17.0 Å². The maximum atomic E-state index is 5.23. The zero-order valence-electron chi connectivity index (χ0n) is 8.05. The van der Waals surface area contributed by atoms with E-state index in [0.717, 1.165) is 10.6 Å². The molecule has 0 radical (unpaired) electrons. The van der Waals surface area contributed by atoms with Crippen LogP contribution >= 0.6 is 11.9 Å². The highest BCUT2D eigenvalue weighted by Crippen LogP contribution is 2.29. The summed E-state index contributed by atoms with van der Waals surface area (Å²) in [5.41, 5.74) is 2.46. The smallest absolute Gasteiger partial charge is 0.134 e. The Labute approximate surface area is 82.8 Å². The Kier molecular flexibility index (Phi) is 3.59. The number of benzene rings is 1. The van der Waals surface area contributed by atoms with Crippen LogP contribution in [-0.4, -0.2) is 7.11 Å². The van der Waals surface area contributed by atoms with E-state index in [0.29, 0.717) is 0 Å². The molecule has 0 saturated heterocycles. The largest absolute Gasteiger partial charge is 0.496 e. The lowest BCUT2D eigenvalue weighted by Crippen LogP contribution is -2.11. The van der Waals surface area contributed by atoms with Crippen LogP contribution in [0.4, 0.5) is 0 Å². The van der Waals surface area contributed by atoms with E-state index in [1.165, 1.54) is 23.1 Å². The van der Waals surface area contributed by atoms with Gasteiger partial charge in [-0.15, -0.1) is 0 Å². The van der Waals surface area contributed by atoms with E-state index in [-0.39, 0.29) is 0 Å². The number of ether oxygens (including phenoxy) is 1. The SMILES string of the molecule is COc1cc(C)c(C)cc1SNN. The zero-order chi connectivity index (χ0) is 9.84. The fraction of sp³-hybridized carbons (Fsp3) is 0.333. The van der Waals surface area contributed by atoms with Gasteiger partial charge < -0.3 is 4.74 Å². The molecule has 0 fully saturated rings. The van der Waals surface area contributed by atoms with Crippen molar-refractivity contribution >= 4 is 11.9 Å². The van der Waals surface area contributed by atoms with Gasteiger partial charge >= 0.3 is 0 Å². The number of aryl methyl sites for hydroxylation is 2. The van der Waals surface area contributed by atoms with Crippen molar-refractivity contribution in [1.29, 1.82) is 0 Å². The molecule has 3 N–H and O–H groups in total. The summed E-state index contributed by atoms with van der Waals surface area (Å²) >= 11 is 1.35. The summed E-state index contributed by atoms with van der Waals surface area (Å²) in [5, 5.41) is 0. The highest BCUT2D eigenvalue weighted by atomic mass is 32.2. The van der Waals surface area contributed by atoms with Crippen LogP contribution in [0.1, 0.15) is 11.1 Å². The predicted molar refractivity (Wildman–Crippen MR) is 55.6 cm³/mol. The third kappa shape index (κ3) is 2.37. The molecule has 0 amide bonds. The van der Waals surface area contributed by atoms with Crippen molar-refractivity contribution in [3.8, 4) is 5.75 Å². The summed E-state index contributed by atoms with van der Waals surface area (Å²) in [7, 11) is 1.66. The number of nitrogens with two attached hydrogens (primary N) is 1. The van der Waals surface area contributed by atoms with E-state index in [1.807, 2.05) is 6.07 Å². The molecular weight excluding hydrogens is 184 g/mol. The first kappa shape index (κ1) is 10.4. The molecule has 0 aliphatic rings. The fourth-order valence-corrected chi connectivity index (χ4v) is 1.67. The molecule has 0 spiro atoms. The molecule has 72 valence electrons. The first-order chi connectivity index (χ1) is 6.19. The minimum absolute atomic E-state index is 0.853. The van der Waals surface area contributed by atoms with Gasteiger partial charge in [-0.1, -0.05) is 0 Å². The summed E-state index contributed by atoms with van der Waals surface area (Å²) in [6.07, 6.45) is 0. The van der Waals surface area contributed by atoms with E-state index in [1.54, 1.807) is 7.11 Å². The second-order valence-electron chi connectivity index (χ2n) is 2.81. The zero-order valence-corrected chi connectivity index (χ0v) is 8.87. The number of hydrogen-bond acceptors (Lipinski definition) is 4. The lowest BCUT2D eigenvalue weighted by atomic mass is 10.1. The predicted octanol–water partition coefficient (Wildman–Crippen LogP) is 1.78. The summed E-state index contributed by atoms with van der Waals surface area (Å²) in [5.74, 6) is 6.08. The van der Waals surface area contributed by atoms with Crippen LogP contribution in [0, 0.1) is 13.8 Å². The molecule has 0 aromatic heterocycles. The minimum atomic E-state index is 0.853. The molecule has 0 saturated carbocycles. The van der Waals surface area contributed by atoms with Crippen LogP contribution in [0.2, 0.25) is 0 Å². The van der Waals surface area contributed by atoms with Crippen LogP contribution in [0.3, 0.4) is 0 Å². The van der Waals surface area contributed by atoms with Crippen molar-refractivity contribution in [2.24, 2.45) is 5.84 Å². The van der Waals surface area contributed by atoms with Crippen LogP contribution < -0.4 is 15.4 Å². The van der Waals surface area contributed by atoms with Gasteiger partial charge in [0.2, 0.25) is 0 Å². The molecule has 0 heterocycles. The molecular formula is C9H14N2OS. The molecule has 4 heteroatoms. The number of nitrogens with one attached hydrogen (secondary N) is 1. The molecule has 3 nitrogen and oxygen atoms in total. The van der Waals surface area contributed by atoms with Gasteiger partial charge in [0.15, 0.2) is 0 Å². The molecule has 0 atom stereocenters. The Hall–Kier alpha value is -0.710. The van der Waals surface area contributed by atoms with Crippen LogP contribution in [-0.2, 0) is 0 Å². The van der Waals surface area contributed by atoms with E-state index in [4.69, 9.17) is 10.6 Å². The maximum absolute atomic E-state index is 5.23. The highest BCUT2D eigenvalue weighted by molar-refractivity contribution is 7.97. The van der Waals surface area contributed by atoms with Gasteiger partial charge in [-0.25, -0.2) is 0 Å². The maximum Gasteiger partial charge on any atom is 0.134 e. The lowest BCUT2D eigenvalue weighted by molar-refractivity contribution is 0.404. The quantitative estimate of drug-likeness (QED) is 0.441. The van der Waals surface area contributed by atoms with E-state index in [2.05, 4.69) is 24.7 Å². The van der Waals surface area contributed by atoms with Gasteiger partial charge in [-0.05, 0) is 49.1 Å². The van der Waals surface area contributed by atoms with E-state index < -0.39 is 0 Å². The van der Waals surface area contributed by atoms with Crippen molar-refractivity contribution in [2.75, 3.05) is 7.11 Å². The number of rotatable bonds is 3. The third-order valence-corrected chi connectivity index (χ3v) is 2.61. The number of hydrazine groups is 1. The summed E-state index contributed by atoms with van der Waals surface area (Å²) < 4.78 is 5.22. The molecule has 0 bridgehead atoms. The van der Waals surface area contributed by atoms with Gasteiger partial charge in [0.05, 0.1) is 12.0 Å². The van der Waals surface area contributed by atoms with Gasteiger partial charge in [-0.3, -0.25) is 5.84 Å². The lowest BCUT2D eigenvalue weighted by Gasteiger charge is -2.10. The van der Waals surface area contributed by atoms with Crippen molar-refractivity contribution in [3.63, 3.8) is 0 Å². The third-order valence-electron chi connectivity index (χ3n) is 1.95. The number of methoxy groups -OCH3 is 1. The van der Waals surface area contributed by atoms with Gasteiger partial charge in [0.25, 0.3) is 0 Å². The van der Waals surface area contributed by atoms with E-state index in [9.17, 15) is 0 Å². The summed E-state index contributed by atoms with van der Waals surface area (Å²) in [4.78, 5) is 3.55. The fourth-order valence-electron chi connectivity index (χ4n) is 1.07. The summed E-state index contributed by atoms with van der Waals surface area (Å²) in [6.45, 7) is 4.12. The van der Waals surface area contributed by atoms with Gasteiger partial charge in [0.1, 0.15) is 5.75 Å². The van der Waals surface area contributed by atoms with Crippen molar-refractivity contribution in [2.45, 2.75) is 18.7 Å². The highest BCUT2D eigenvalue weighted by Gasteiger charge is 2.05. The monoisotopic (exact) mass is 198 g/mol. The number of hydrogen-bond donors (Lipinski definition) is 2. The Bertz CT molecular complexity index is 302. The molecule has 13 heavy (non-hydrogen) atoms. The van der Waals surface area contributed by atoms with Gasteiger partial charge in [0, 0.05) is 0 Å². The average Bonchev–Trinajstić information content (AvgIpc) is 2.11. The molecule has 0 aliphatic carbocycles. The Morgan fingerprint density at radius 2 is 1.92 bits per heavy atom. The Balaban J connectivity index is 3.09. The molecule has 0 unspecified atom stereocenters. The Morgan fingerprint density at radius 3 is 2.46 bits per heavy atom. The first-order valence-electron chi connectivity index (χ1n) is 3.96. The molecule has 1 aromatic rings. The van der Waals surface area contributed by atoms with Crippen LogP contribution in [0.5, 0.6) is 5.75 Å². The second kappa shape index (κ2) is 4.50. The normalized spacial score (nSPS) is 10.2. The van der Waals surface area contributed by atoms with Gasteiger partial charge in [-0.2, -0.15) is 4.83 Å². The van der Waals surface area contributed by atoms with Crippen molar-refractivity contribution in [3.05, 3.63) is 23.3 Å². The van der Waals surface area contributed by atoms with E-state index >= 15 is 0 Å². The minimum Gasteiger partial charge on any atom is -0.496 e. The standard InChI is InChI=1S/C9H14N2OS/c1-6-4-8(12-3)9(13-11-10)5-7(6)2/h4-5,11H,10H2,1-3H3. The van der Waals surface area contributed by atoms with Crippen molar-refractivity contribution in [1.82, 2.24) is 4.83 Å². The Morgan fingerprint density at radius 1 is 1.31 bits per heavy atom. The average molecular weight is 198 g/mol. The topological polar surface area (TPSA) is 47.3 Å². The first-order valence-corrected chi connectivity index (χ1v) is 4.78. The molecule has 1 rings (SSSR count). The van der Waals surface area contributed by atoms with Crippen LogP contribution in [0.25, 0.3) is 0 Å². The summed E-state index contributed by atoms with van der Waals surface area (Å²) in [6, 6.07) is 4.06. The second-order valence-corrected chi connectivity index (χ2v) is 3.69. The van der Waals surface area contributed by atoms with Crippen molar-refractivity contribution < 1.29 is 4.74 Å². The molecule has 0 aliphatic heterocycles.